The van der Waals surface area contributed by atoms with Crippen molar-refractivity contribution in [2.45, 2.75) is 6.92 Å². The van der Waals surface area contributed by atoms with E-state index >= 15 is 0 Å². The maximum absolute atomic E-state index is 10.4. The van der Waals surface area contributed by atoms with E-state index in [1.54, 1.807) is 6.92 Å². The van der Waals surface area contributed by atoms with Crippen molar-refractivity contribution in [3.63, 3.8) is 0 Å². The normalized spacial score (nSPS) is 9.44. The van der Waals surface area contributed by atoms with Gasteiger partial charge in [0.05, 0.1) is 0 Å². The van der Waals surface area contributed by atoms with Crippen molar-refractivity contribution in [2.24, 2.45) is 0 Å². The van der Waals surface area contributed by atoms with Gasteiger partial charge in [0.2, 0.25) is 6.20 Å². The average molecular weight is 126 g/mol. The van der Waals surface area contributed by atoms with Crippen LogP contribution in [0.3, 0.4) is 0 Å². The first kappa shape index (κ1) is 5.81. The molecule has 0 atom stereocenters. The van der Waals surface area contributed by atoms with Crippen LogP contribution in [0.2, 0.25) is 0 Å². The minimum Gasteiger partial charge on any atom is -0.596 e. The lowest BCUT2D eigenvalue weighted by atomic mass is 10.4. The van der Waals surface area contributed by atoms with Crippen LogP contribution in [0.4, 0.5) is 0 Å². The van der Waals surface area contributed by atoms with Crippen LogP contribution in [0, 0.1) is 12.1 Å². The van der Waals surface area contributed by atoms with Gasteiger partial charge in [-0.3, -0.25) is 4.79 Å². The lowest BCUT2D eigenvalue weighted by Gasteiger charge is -1.91. The van der Waals surface area contributed by atoms with Gasteiger partial charge in [0.15, 0.2) is 0 Å². The Labute approximate surface area is 51.3 Å². The summed E-state index contributed by atoms with van der Waals surface area (Å²) in [7, 11) is 0. The predicted molar refractivity (Wildman–Crippen MR) is 30.8 cm³/mol. The van der Waals surface area contributed by atoms with Gasteiger partial charge in [-0.25, -0.2) is 0 Å². The average Bonchev–Trinajstić information content (AvgIpc) is 1.59. The zero-order valence-electron chi connectivity index (χ0n) is 4.92. The molecule has 4 heteroatoms. The van der Waals surface area contributed by atoms with E-state index in [9.17, 15) is 10.0 Å². The molecule has 0 saturated carbocycles. The van der Waals surface area contributed by atoms with Crippen molar-refractivity contribution in [3.05, 3.63) is 33.4 Å². The molecule has 1 aromatic heterocycles. The number of H-pyrrole nitrogens is 1. The van der Waals surface area contributed by atoms with E-state index in [-0.39, 0.29) is 5.56 Å². The summed E-state index contributed by atoms with van der Waals surface area (Å²) in [6, 6.07) is 1.36. The molecule has 1 rings (SSSR count). The number of nitrogens with zero attached hydrogens (tertiary/aromatic N) is 1. The minimum absolute atomic E-state index is 0.370. The molecular formula is C5H6N2O2. The Bertz CT molecular complexity index is 243. The zero-order valence-corrected chi connectivity index (χ0v) is 4.92. The summed E-state index contributed by atoms with van der Waals surface area (Å²) < 4.78 is 0. The lowest BCUT2D eigenvalue weighted by molar-refractivity contribution is -0.670. The van der Waals surface area contributed by atoms with Crippen LogP contribution < -0.4 is 10.4 Å². The molecule has 9 heavy (non-hydrogen) atoms. The number of hydrogen-bond donors (Lipinski definition) is 1. The number of aromatic nitrogens is 2. The van der Waals surface area contributed by atoms with E-state index in [0.717, 1.165) is 0 Å². The first-order valence-electron chi connectivity index (χ1n) is 2.48. The Hall–Kier alpha value is -1.32. The Morgan fingerprint density at radius 3 is 2.89 bits per heavy atom. The Morgan fingerprint density at radius 1 is 1.78 bits per heavy atom. The van der Waals surface area contributed by atoms with E-state index < -0.39 is 0 Å². The van der Waals surface area contributed by atoms with E-state index in [1.807, 2.05) is 5.10 Å². The Balaban J connectivity index is 3.33. The molecule has 0 saturated heterocycles. The van der Waals surface area contributed by atoms with Crippen LogP contribution in [-0.2, 0) is 0 Å². The molecule has 4 nitrogen and oxygen atoms in total. The molecule has 0 fully saturated rings. The summed E-state index contributed by atoms with van der Waals surface area (Å²) in [6.45, 7) is 1.68. The molecule has 0 aromatic carbocycles. The lowest BCUT2D eigenvalue weighted by Crippen LogP contribution is -2.36. The van der Waals surface area contributed by atoms with E-state index in [1.165, 1.54) is 12.3 Å². The second-order valence-corrected chi connectivity index (χ2v) is 1.82. The summed E-state index contributed by atoms with van der Waals surface area (Å²) in [5.74, 6) is 0. The van der Waals surface area contributed by atoms with Crippen molar-refractivity contribution in [3.8, 4) is 0 Å². The number of aromatic amines is 1. The summed E-state index contributed by atoms with van der Waals surface area (Å²) >= 11 is 0. The van der Waals surface area contributed by atoms with Crippen molar-refractivity contribution >= 4 is 0 Å². The summed E-state index contributed by atoms with van der Waals surface area (Å²) in [5.41, 5.74) is 0.291. The van der Waals surface area contributed by atoms with Gasteiger partial charge >= 0.3 is 0 Å². The first-order chi connectivity index (χ1) is 4.18. The molecule has 1 N–H and O–H groups in total. The molecule has 0 amide bonds. The molecule has 1 heterocycles. The molecular weight excluding hydrogens is 120 g/mol. The second-order valence-electron chi connectivity index (χ2n) is 1.82. The van der Waals surface area contributed by atoms with Gasteiger partial charge < -0.3 is 5.21 Å². The molecule has 0 aliphatic rings. The van der Waals surface area contributed by atoms with E-state index in [2.05, 4.69) is 0 Å². The molecule has 0 aliphatic heterocycles. The molecule has 1 aromatic rings. The molecule has 0 unspecified atom stereocenters. The number of rotatable bonds is 0. The Morgan fingerprint density at radius 2 is 2.44 bits per heavy atom. The van der Waals surface area contributed by atoms with Gasteiger partial charge in [-0.15, -0.1) is 5.10 Å². The highest BCUT2D eigenvalue weighted by Gasteiger charge is 1.91. The maximum atomic E-state index is 10.4. The predicted octanol–water partition coefficient (Wildman–Crippen LogP) is -0.683. The second kappa shape index (κ2) is 1.89. The van der Waals surface area contributed by atoms with Crippen LogP contribution in [0.15, 0.2) is 17.1 Å². The van der Waals surface area contributed by atoms with E-state index in [4.69, 9.17) is 0 Å². The van der Waals surface area contributed by atoms with Crippen molar-refractivity contribution in [2.75, 3.05) is 0 Å². The standard InChI is InChI=1S/C5H6N2O2/c1-4-2-5(8)6-7(9)3-4/h2-3H,1H3,(H,6,8). The molecule has 0 spiro atoms. The highest BCUT2D eigenvalue weighted by molar-refractivity contribution is 4.98. The maximum Gasteiger partial charge on any atom is 0.299 e. The fourth-order valence-electron chi connectivity index (χ4n) is 0.602. The third kappa shape index (κ3) is 1.28. The fraction of sp³-hybridized carbons (Fsp3) is 0.200. The van der Waals surface area contributed by atoms with Crippen LogP contribution in [0.1, 0.15) is 5.56 Å². The molecule has 0 bridgehead atoms. The monoisotopic (exact) mass is 126 g/mol. The topological polar surface area (TPSA) is 59.8 Å². The minimum atomic E-state index is -0.370. The number of aryl methyl sites for hydroxylation is 1. The molecule has 0 radical (unpaired) electrons. The summed E-state index contributed by atoms with van der Waals surface area (Å²) in [4.78, 5) is 10.8. The number of hydrogen-bond acceptors (Lipinski definition) is 2. The van der Waals surface area contributed by atoms with Gasteiger partial charge in [-0.2, -0.15) is 0 Å². The quantitative estimate of drug-likeness (QED) is 0.369. The Kier molecular flexibility index (Phi) is 1.22. The highest BCUT2D eigenvalue weighted by Crippen LogP contribution is 1.80. The first-order valence-corrected chi connectivity index (χ1v) is 2.48. The highest BCUT2D eigenvalue weighted by atomic mass is 16.5. The van der Waals surface area contributed by atoms with Gasteiger partial charge in [0.25, 0.3) is 5.56 Å². The number of nitrogens with one attached hydrogen (secondary N) is 1. The van der Waals surface area contributed by atoms with E-state index in [0.29, 0.717) is 10.4 Å². The SMILES string of the molecule is Cc1cc(=O)[nH][n+]([O-])c1. The third-order valence-corrected chi connectivity index (χ3v) is 0.900. The largest absolute Gasteiger partial charge is 0.596 e. The van der Waals surface area contributed by atoms with Gasteiger partial charge in [-0.05, 0) is 6.92 Å². The van der Waals surface area contributed by atoms with Gasteiger partial charge in [0, 0.05) is 11.6 Å². The van der Waals surface area contributed by atoms with Crippen LogP contribution in [0.25, 0.3) is 0 Å². The van der Waals surface area contributed by atoms with Crippen LogP contribution >= 0.6 is 0 Å². The molecule has 0 aliphatic carbocycles. The zero-order chi connectivity index (χ0) is 6.85. The smallest absolute Gasteiger partial charge is 0.299 e. The van der Waals surface area contributed by atoms with Crippen molar-refractivity contribution in [1.29, 1.82) is 0 Å². The third-order valence-electron chi connectivity index (χ3n) is 0.900. The fourth-order valence-corrected chi connectivity index (χ4v) is 0.602. The van der Waals surface area contributed by atoms with Gasteiger partial charge in [-0.1, -0.05) is 4.85 Å². The van der Waals surface area contributed by atoms with Crippen LogP contribution in [0.5, 0.6) is 0 Å². The van der Waals surface area contributed by atoms with Crippen LogP contribution in [-0.4, -0.2) is 5.10 Å². The summed E-state index contributed by atoms with van der Waals surface area (Å²) in [6.07, 6.45) is 1.29. The van der Waals surface area contributed by atoms with Crippen molar-refractivity contribution < 1.29 is 4.85 Å². The van der Waals surface area contributed by atoms with Crippen molar-refractivity contribution in [1.82, 2.24) is 5.10 Å². The molecule has 48 valence electrons. The summed E-state index contributed by atoms with van der Waals surface area (Å²) in [5, 5.41) is 12.4. The van der Waals surface area contributed by atoms with Gasteiger partial charge in [0.1, 0.15) is 0 Å².